The fraction of sp³-hybridized carbons (Fsp3) is 0.261. The third kappa shape index (κ3) is 2.99. The van der Waals surface area contributed by atoms with Gasteiger partial charge in [0.2, 0.25) is 0 Å². The number of benzene rings is 1. The summed E-state index contributed by atoms with van der Waals surface area (Å²) in [4.78, 5) is 19.4. The molecule has 6 nitrogen and oxygen atoms in total. The first-order valence-corrected chi connectivity index (χ1v) is 10.2. The SMILES string of the molecule is Cc1ccn2cnc(C(=O)N3CCc4c(nn(C)c4-c4cc(F)c(F)c(F)c4)[C@@H]3C)c2c1. The second-order valence-electron chi connectivity index (χ2n) is 8.10. The van der Waals surface area contributed by atoms with Gasteiger partial charge >= 0.3 is 0 Å². The third-order valence-electron chi connectivity index (χ3n) is 6.06. The highest BCUT2D eigenvalue weighted by molar-refractivity contribution is 5.99. The van der Waals surface area contributed by atoms with Gasteiger partial charge < -0.3 is 9.30 Å². The van der Waals surface area contributed by atoms with Gasteiger partial charge in [0.15, 0.2) is 23.1 Å². The van der Waals surface area contributed by atoms with Gasteiger partial charge in [0.05, 0.1) is 22.9 Å². The van der Waals surface area contributed by atoms with Crippen molar-refractivity contribution in [3.05, 3.63) is 76.8 Å². The Hall–Kier alpha value is -3.62. The molecule has 9 heteroatoms. The van der Waals surface area contributed by atoms with Crippen LogP contribution in [0, 0.1) is 24.4 Å². The molecule has 1 aromatic carbocycles. The van der Waals surface area contributed by atoms with Crippen LogP contribution in [0.25, 0.3) is 16.8 Å². The van der Waals surface area contributed by atoms with Gasteiger partial charge in [0.25, 0.3) is 5.91 Å². The van der Waals surface area contributed by atoms with Crippen LogP contribution in [0.1, 0.15) is 40.3 Å². The highest BCUT2D eigenvalue weighted by Crippen LogP contribution is 2.37. The molecule has 0 aliphatic carbocycles. The standard InChI is InChI=1S/C23H20F3N5O/c1-12-4-6-30-11-27-21(18(30)8-12)23(32)31-7-5-15-20(13(31)2)28-29(3)22(15)14-9-16(24)19(26)17(25)10-14/h4,6,8-11,13H,5,7H2,1-3H3/t13-/m0/s1. The van der Waals surface area contributed by atoms with Gasteiger partial charge in [-0.15, -0.1) is 0 Å². The Balaban J connectivity index is 1.53. The number of pyridine rings is 1. The Labute approximate surface area is 181 Å². The number of hydrogen-bond donors (Lipinski definition) is 0. The van der Waals surface area contributed by atoms with Gasteiger partial charge in [-0.3, -0.25) is 9.48 Å². The first-order chi connectivity index (χ1) is 15.3. The number of nitrogens with zero attached hydrogens (tertiary/aromatic N) is 5. The Morgan fingerprint density at radius 1 is 1.16 bits per heavy atom. The van der Waals surface area contributed by atoms with E-state index in [2.05, 4.69) is 10.1 Å². The molecule has 5 rings (SSSR count). The molecule has 0 unspecified atom stereocenters. The topological polar surface area (TPSA) is 55.4 Å². The lowest BCUT2D eigenvalue weighted by Gasteiger charge is -2.32. The maximum atomic E-state index is 13.8. The summed E-state index contributed by atoms with van der Waals surface area (Å²) in [5.74, 6) is -4.21. The van der Waals surface area contributed by atoms with Crippen LogP contribution in [0.3, 0.4) is 0 Å². The minimum atomic E-state index is -1.50. The molecule has 0 fully saturated rings. The lowest BCUT2D eigenvalue weighted by molar-refractivity contribution is 0.0670. The molecule has 0 spiro atoms. The van der Waals surface area contributed by atoms with Gasteiger partial charge in [0, 0.05) is 30.9 Å². The van der Waals surface area contributed by atoms with Gasteiger partial charge in [-0.05, 0) is 50.1 Å². The number of aromatic nitrogens is 4. The number of rotatable bonds is 2. The summed E-state index contributed by atoms with van der Waals surface area (Å²) in [5.41, 5.74) is 4.27. The van der Waals surface area contributed by atoms with Crippen LogP contribution in [0.15, 0.2) is 36.8 Å². The smallest absolute Gasteiger partial charge is 0.275 e. The third-order valence-corrected chi connectivity index (χ3v) is 6.06. The Morgan fingerprint density at radius 3 is 2.59 bits per heavy atom. The van der Waals surface area contributed by atoms with Gasteiger partial charge in [0.1, 0.15) is 6.33 Å². The summed E-state index contributed by atoms with van der Waals surface area (Å²) in [5, 5.41) is 4.54. The number of carbonyl (C=O) groups is 1. The van der Waals surface area contributed by atoms with Gasteiger partial charge in [-0.2, -0.15) is 5.10 Å². The average Bonchev–Trinajstić information content (AvgIpc) is 3.32. The number of aryl methyl sites for hydroxylation is 2. The van der Waals surface area contributed by atoms with E-state index in [9.17, 15) is 18.0 Å². The predicted octanol–water partition coefficient (Wildman–Crippen LogP) is 4.22. The highest BCUT2D eigenvalue weighted by Gasteiger charge is 2.34. The summed E-state index contributed by atoms with van der Waals surface area (Å²) >= 11 is 0. The van der Waals surface area contributed by atoms with Crippen LogP contribution in [-0.4, -0.2) is 36.5 Å². The number of carbonyl (C=O) groups excluding carboxylic acids is 1. The molecule has 0 radical (unpaired) electrons. The van der Waals surface area contributed by atoms with Crippen molar-refractivity contribution in [3.8, 4) is 11.3 Å². The highest BCUT2D eigenvalue weighted by atomic mass is 19.2. The largest absolute Gasteiger partial charge is 0.328 e. The van der Waals surface area contributed by atoms with Crippen molar-refractivity contribution >= 4 is 11.4 Å². The van der Waals surface area contributed by atoms with E-state index < -0.39 is 17.5 Å². The molecular weight excluding hydrogens is 419 g/mol. The van der Waals surface area contributed by atoms with Crippen LogP contribution >= 0.6 is 0 Å². The lowest BCUT2D eigenvalue weighted by atomic mass is 9.95. The lowest BCUT2D eigenvalue weighted by Crippen LogP contribution is -2.39. The van der Waals surface area contributed by atoms with Crippen molar-refractivity contribution in [2.24, 2.45) is 7.05 Å². The van der Waals surface area contributed by atoms with E-state index in [0.717, 1.165) is 28.8 Å². The molecule has 4 aromatic rings. The molecule has 1 aliphatic heterocycles. The van der Waals surface area contributed by atoms with E-state index in [-0.39, 0.29) is 17.5 Å². The molecule has 164 valence electrons. The van der Waals surface area contributed by atoms with Gasteiger partial charge in [-0.1, -0.05) is 0 Å². The summed E-state index contributed by atoms with van der Waals surface area (Å²) < 4.78 is 44.5. The second kappa shape index (κ2) is 7.22. The zero-order valence-corrected chi connectivity index (χ0v) is 17.7. The number of halogens is 3. The van der Waals surface area contributed by atoms with E-state index in [1.807, 2.05) is 32.2 Å². The van der Waals surface area contributed by atoms with Crippen LogP contribution in [-0.2, 0) is 13.5 Å². The normalized spacial score (nSPS) is 15.9. The number of imidazole rings is 1. The number of amides is 1. The molecular formula is C23H20F3N5O. The maximum absolute atomic E-state index is 13.8. The minimum Gasteiger partial charge on any atom is -0.328 e. The average molecular weight is 439 g/mol. The summed E-state index contributed by atoms with van der Waals surface area (Å²) in [6.07, 6.45) is 3.91. The van der Waals surface area contributed by atoms with Crippen molar-refractivity contribution < 1.29 is 18.0 Å². The molecule has 0 N–H and O–H groups in total. The van der Waals surface area contributed by atoms with Crippen LogP contribution in [0.4, 0.5) is 13.2 Å². The maximum Gasteiger partial charge on any atom is 0.275 e. The first kappa shape index (κ1) is 20.3. The van der Waals surface area contributed by atoms with Crippen molar-refractivity contribution in [1.29, 1.82) is 0 Å². The van der Waals surface area contributed by atoms with Crippen LogP contribution in [0.5, 0.6) is 0 Å². The molecule has 3 aromatic heterocycles. The van der Waals surface area contributed by atoms with Crippen molar-refractivity contribution in [2.75, 3.05) is 6.54 Å². The summed E-state index contributed by atoms with van der Waals surface area (Å²) in [6.45, 7) is 4.21. The zero-order chi connectivity index (χ0) is 22.7. The fourth-order valence-corrected chi connectivity index (χ4v) is 4.47. The Bertz CT molecular complexity index is 1370. The van der Waals surface area contributed by atoms with E-state index in [1.165, 1.54) is 4.68 Å². The van der Waals surface area contributed by atoms with Crippen molar-refractivity contribution in [2.45, 2.75) is 26.3 Å². The number of hydrogen-bond acceptors (Lipinski definition) is 3. The predicted molar refractivity (Wildman–Crippen MR) is 112 cm³/mol. The van der Waals surface area contributed by atoms with Gasteiger partial charge in [-0.25, -0.2) is 18.2 Å². The van der Waals surface area contributed by atoms with E-state index >= 15 is 0 Å². The Morgan fingerprint density at radius 2 is 1.88 bits per heavy atom. The fourth-order valence-electron chi connectivity index (χ4n) is 4.47. The molecule has 32 heavy (non-hydrogen) atoms. The molecule has 1 amide bonds. The van der Waals surface area contributed by atoms with Crippen LogP contribution in [0.2, 0.25) is 0 Å². The monoisotopic (exact) mass is 439 g/mol. The van der Waals surface area contributed by atoms with E-state index in [0.29, 0.717) is 30.0 Å². The molecule has 0 bridgehead atoms. The molecule has 0 saturated heterocycles. The van der Waals surface area contributed by atoms with Crippen LogP contribution < -0.4 is 0 Å². The van der Waals surface area contributed by atoms with Crippen molar-refractivity contribution in [3.63, 3.8) is 0 Å². The summed E-state index contributed by atoms with van der Waals surface area (Å²) in [7, 11) is 1.66. The molecule has 1 aliphatic rings. The molecule has 0 saturated carbocycles. The second-order valence-corrected chi connectivity index (χ2v) is 8.10. The minimum absolute atomic E-state index is 0.206. The first-order valence-electron chi connectivity index (χ1n) is 10.2. The molecule has 1 atom stereocenters. The Kier molecular flexibility index (Phi) is 4.58. The summed E-state index contributed by atoms with van der Waals surface area (Å²) in [6, 6.07) is 5.42. The number of fused-ring (bicyclic) bond motifs is 2. The van der Waals surface area contributed by atoms with E-state index in [4.69, 9.17) is 0 Å². The van der Waals surface area contributed by atoms with E-state index in [1.54, 1.807) is 22.7 Å². The zero-order valence-electron chi connectivity index (χ0n) is 17.7. The molecule has 4 heterocycles. The van der Waals surface area contributed by atoms with Crippen molar-refractivity contribution in [1.82, 2.24) is 24.1 Å². The quantitative estimate of drug-likeness (QED) is 0.440.